The molecule has 0 bridgehead atoms. The first kappa shape index (κ1) is 31.4. The Balaban J connectivity index is 1.60. The van der Waals surface area contributed by atoms with Gasteiger partial charge >= 0.3 is 11.9 Å². The van der Waals surface area contributed by atoms with Crippen molar-refractivity contribution in [3.05, 3.63) is 53.3 Å². The van der Waals surface area contributed by atoms with Gasteiger partial charge in [-0.15, -0.1) is 0 Å². The van der Waals surface area contributed by atoms with Crippen LogP contribution >= 0.6 is 0 Å². The third kappa shape index (κ3) is 14.2. The van der Waals surface area contributed by atoms with Crippen LogP contribution in [0.25, 0.3) is 0 Å². The van der Waals surface area contributed by atoms with Crippen molar-refractivity contribution in [1.29, 1.82) is 0 Å². The van der Waals surface area contributed by atoms with Crippen molar-refractivity contribution in [2.45, 2.75) is 89.6 Å². The van der Waals surface area contributed by atoms with Gasteiger partial charge in [-0.3, -0.25) is 9.59 Å². The summed E-state index contributed by atoms with van der Waals surface area (Å²) >= 11 is 0. The molecule has 0 saturated carbocycles. The number of unbranched alkanes of at least 4 members (excludes halogenated alkanes) is 6. The predicted molar refractivity (Wildman–Crippen MR) is 150 cm³/mol. The second kappa shape index (κ2) is 18.5. The zero-order chi connectivity index (χ0) is 27.6. The molecular weight excluding hydrogens is 482 g/mol. The summed E-state index contributed by atoms with van der Waals surface area (Å²) in [7, 11) is 5.52. The second-order valence-corrected chi connectivity index (χ2v) is 10.3. The van der Waals surface area contributed by atoms with Gasteiger partial charge in [0.15, 0.2) is 0 Å². The first-order valence-corrected chi connectivity index (χ1v) is 14.1. The van der Waals surface area contributed by atoms with Crippen LogP contribution in [0.5, 0.6) is 5.75 Å². The molecule has 0 aliphatic heterocycles. The number of aliphatic carboxylic acids is 1. The molecule has 0 heterocycles. The minimum absolute atomic E-state index is 0.127. The number of hydrogen-bond donors (Lipinski definition) is 1. The molecule has 1 aliphatic carbocycles. The zero-order valence-corrected chi connectivity index (χ0v) is 23.6. The standard InChI is InChI=1S/C31H47NO6/c1-32(2)23-29(38-31(35)20-19-30(33)34)24-37-28-18-12-16-26(22-28)14-10-8-6-4-5-7-9-13-25-15-11-17-27(21-25)36-3/h11,15-17,21-22,29H,4-10,12-14,18-20,23-24H2,1-3H3,(H,33,34). The molecule has 1 atom stereocenters. The third-order valence-corrected chi connectivity index (χ3v) is 6.57. The van der Waals surface area contributed by atoms with Crippen LogP contribution < -0.4 is 4.74 Å². The van der Waals surface area contributed by atoms with E-state index in [2.05, 4.69) is 30.4 Å². The predicted octanol–water partition coefficient (Wildman–Crippen LogP) is 6.32. The molecule has 0 saturated heterocycles. The van der Waals surface area contributed by atoms with E-state index in [1.54, 1.807) is 7.11 Å². The number of hydrogen-bond acceptors (Lipinski definition) is 6. The first-order valence-electron chi connectivity index (χ1n) is 14.1. The van der Waals surface area contributed by atoms with Crippen molar-refractivity contribution in [1.82, 2.24) is 4.90 Å². The van der Waals surface area contributed by atoms with Crippen molar-refractivity contribution in [3.63, 3.8) is 0 Å². The Labute approximate surface area is 228 Å². The fourth-order valence-electron chi connectivity index (χ4n) is 4.58. The van der Waals surface area contributed by atoms with Gasteiger partial charge in [0.25, 0.3) is 0 Å². The fourth-order valence-corrected chi connectivity index (χ4v) is 4.58. The number of carboxylic acid groups (broad SMARTS) is 1. The molecular formula is C31H47NO6. The Morgan fingerprint density at radius 3 is 2.39 bits per heavy atom. The lowest BCUT2D eigenvalue weighted by molar-refractivity contribution is -0.154. The average Bonchev–Trinajstić information content (AvgIpc) is 2.89. The average molecular weight is 530 g/mol. The molecule has 1 aliphatic rings. The van der Waals surface area contributed by atoms with E-state index in [1.807, 2.05) is 25.1 Å². The molecule has 38 heavy (non-hydrogen) atoms. The van der Waals surface area contributed by atoms with E-state index in [0.29, 0.717) is 6.54 Å². The van der Waals surface area contributed by atoms with E-state index >= 15 is 0 Å². The fraction of sp³-hybridized carbons (Fsp3) is 0.613. The molecule has 0 amide bonds. The highest BCUT2D eigenvalue weighted by atomic mass is 16.6. The monoisotopic (exact) mass is 529 g/mol. The largest absolute Gasteiger partial charge is 0.497 e. The Morgan fingerprint density at radius 2 is 1.71 bits per heavy atom. The zero-order valence-electron chi connectivity index (χ0n) is 23.6. The normalized spacial score (nSPS) is 14.0. The number of carbonyl (C=O) groups is 2. The van der Waals surface area contributed by atoms with Gasteiger partial charge < -0.3 is 24.2 Å². The lowest BCUT2D eigenvalue weighted by atomic mass is 9.99. The van der Waals surface area contributed by atoms with Crippen molar-refractivity contribution >= 4 is 11.9 Å². The Kier molecular flexibility index (Phi) is 15.3. The summed E-state index contributed by atoms with van der Waals surface area (Å²) in [4.78, 5) is 24.6. The molecule has 212 valence electrons. The van der Waals surface area contributed by atoms with Crippen LogP contribution in [0.1, 0.15) is 82.6 Å². The minimum Gasteiger partial charge on any atom is -0.497 e. The van der Waals surface area contributed by atoms with E-state index in [1.165, 1.54) is 56.1 Å². The SMILES string of the molecule is COc1cccc(CCCCCCCCCC2=CCCC(OCC(CN(C)C)OC(=O)CCC(=O)O)=C2)c1. The lowest BCUT2D eigenvalue weighted by Gasteiger charge is -2.23. The maximum absolute atomic E-state index is 12.0. The molecule has 1 aromatic carbocycles. The minimum atomic E-state index is -1.01. The van der Waals surface area contributed by atoms with Crippen molar-refractivity contribution < 1.29 is 28.9 Å². The van der Waals surface area contributed by atoms with Crippen LogP contribution in [0.15, 0.2) is 47.7 Å². The maximum Gasteiger partial charge on any atom is 0.306 e. The van der Waals surface area contributed by atoms with Gasteiger partial charge in [-0.05, 0) is 75.5 Å². The van der Waals surface area contributed by atoms with E-state index in [0.717, 1.165) is 37.2 Å². The number of benzene rings is 1. The third-order valence-electron chi connectivity index (χ3n) is 6.57. The number of aryl methyl sites for hydroxylation is 1. The van der Waals surface area contributed by atoms with Gasteiger partial charge in [0.2, 0.25) is 0 Å². The Bertz CT molecular complexity index is 907. The summed E-state index contributed by atoms with van der Waals surface area (Å²) in [5.41, 5.74) is 2.68. The number of esters is 1. The quantitative estimate of drug-likeness (QED) is 0.156. The van der Waals surface area contributed by atoms with E-state index < -0.39 is 18.0 Å². The Morgan fingerprint density at radius 1 is 1.00 bits per heavy atom. The van der Waals surface area contributed by atoms with Crippen LogP contribution in [0.3, 0.4) is 0 Å². The van der Waals surface area contributed by atoms with Gasteiger partial charge in [0.05, 0.1) is 25.7 Å². The van der Waals surface area contributed by atoms with Gasteiger partial charge in [-0.1, -0.05) is 50.3 Å². The highest BCUT2D eigenvalue weighted by Crippen LogP contribution is 2.23. The van der Waals surface area contributed by atoms with Gasteiger partial charge in [0, 0.05) is 13.0 Å². The summed E-state index contributed by atoms with van der Waals surface area (Å²) < 4.78 is 16.8. The number of nitrogens with zero attached hydrogens (tertiary/aromatic N) is 1. The molecule has 2 rings (SSSR count). The molecule has 7 nitrogen and oxygen atoms in total. The van der Waals surface area contributed by atoms with Crippen LogP contribution in [-0.2, 0) is 25.5 Å². The van der Waals surface area contributed by atoms with Crippen LogP contribution in [-0.4, -0.2) is 62.4 Å². The second-order valence-electron chi connectivity index (χ2n) is 10.3. The van der Waals surface area contributed by atoms with Gasteiger partial charge in [-0.25, -0.2) is 0 Å². The van der Waals surface area contributed by atoms with Crippen LogP contribution in [0, 0.1) is 0 Å². The van der Waals surface area contributed by atoms with Gasteiger partial charge in [-0.2, -0.15) is 0 Å². The lowest BCUT2D eigenvalue weighted by Crippen LogP contribution is -2.34. The Hall–Kier alpha value is -2.80. The van der Waals surface area contributed by atoms with E-state index in [-0.39, 0.29) is 19.4 Å². The molecule has 1 N–H and O–H groups in total. The van der Waals surface area contributed by atoms with Crippen LogP contribution in [0.2, 0.25) is 0 Å². The van der Waals surface area contributed by atoms with Crippen molar-refractivity contribution in [3.8, 4) is 5.75 Å². The molecule has 1 aromatic rings. The summed E-state index contributed by atoms with van der Waals surface area (Å²) in [6.45, 7) is 0.795. The molecule has 0 radical (unpaired) electrons. The summed E-state index contributed by atoms with van der Waals surface area (Å²) in [6, 6.07) is 8.36. The topological polar surface area (TPSA) is 85.3 Å². The number of rotatable bonds is 20. The number of likely N-dealkylation sites (N-methyl/N-ethyl adjacent to an activating group) is 1. The summed E-state index contributed by atoms with van der Waals surface area (Å²) in [5.74, 6) is 0.365. The number of ether oxygens (including phenoxy) is 3. The highest BCUT2D eigenvalue weighted by Gasteiger charge is 2.18. The van der Waals surface area contributed by atoms with E-state index in [9.17, 15) is 9.59 Å². The molecule has 7 heteroatoms. The van der Waals surface area contributed by atoms with Crippen molar-refractivity contribution in [2.75, 3.05) is 34.4 Å². The number of methoxy groups -OCH3 is 1. The highest BCUT2D eigenvalue weighted by molar-refractivity contribution is 5.76. The summed E-state index contributed by atoms with van der Waals surface area (Å²) in [6.07, 6.45) is 16.4. The maximum atomic E-state index is 12.0. The molecule has 1 unspecified atom stereocenters. The summed E-state index contributed by atoms with van der Waals surface area (Å²) in [5, 5.41) is 8.77. The molecule has 0 spiro atoms. The molecule has 0 aromatic heterocycles. The smallest absolute Gasteiger partial charge is 0.306 e. The van der Waals surface area contributed by atoms with E-state index in [4.69, 9.17) is 19.3 Å². The first-order chi connectivity index (χ1) is 18.4. The molecule has 0 fully saturated rings. The van der Waals surface area contributed by atoms with Crippen LogP contribution in [0.4, 0.5) is 0 Å². The number of carbonyl (C=O) groups excluding carboxylic acids is 1. The number of carboxylic acids is 1. The van der Waals surface area contributed by atoms with Crippen molar-refractivity contribution in [2.24, 2.45) is 0 Å². The van der Waals surface area contributed by atoms with Gasteiger partial charge in [0.1, 0.15) is 18.5 Å². The number of allylic oxidation sites excluding steroid dienone is 4.